The molecule has 0 radical (unpaired) electrons. The fourth-order valence-electron chi connectivity index (χ4n) is 1.09. The first-order chi connectivity index (χ1) is 7.08. The second-order valence-corrected chi connectivity index (χ2v) is 4.68. The highest BCUT2D eigenvalue weighted by molar-refractivity contribution is 7.85. The highest BCUT2D eigenvalue weighted by Crippen LogP contribution is 1.92. The Labute approximate surface area is 89.3 Å². The van der Waals surface area contributed by atoms with E-state index in [4.69, 9.17) is 4.55 Å². The summed E-state index contributed by atoms with van der Waals surface area (Å²) in [5.74, 6) is -0.255. The van der Waals surface area contributed by atoms with Crippen molar-refractivity contribution in [2.45, 2.75) is 6.42 Å². The van der Waals surface area contributed by atoms with Gasteiger partial charge in [0, 0.05) is 31.4 Å². The molecule has 84 valence electrons. The molecule has 5 nitrogen and oxygen atoms in total. The Morgan fingerprint density at radius 3 is 2.73 bits per heavy atom. The molecular formula is C9H14N2O3S. The van der Waals surface area contributed by atoms with Gasteiger partial charge in [-0.25, -0.2) is 0 Å². The number of nitrogens with one attached hydrogen (secondary N) is 1. The summed E-state index contributed by atoms with van der Waals surface area (Å²) in [5.41, 5.74) is 0.955. The second-order valence-electron chi connectivity index (χ2n) is 3.11. The van der Waals surface area contributed by atoms with E-state index < -0.39 is 10.1 Å². The molecule has 0 fully saturated rings. The quantitative estimate of drug-likeness (QED) is 0.535. The Balaban J connectivity index is 2.13. The first kappa shape index (κ1) is 12.1. The SMILES string of the molecule is O=S(=O)(O)CCNCCc1ccccn1. The first-order valence-corrected chi connectivity index (χ1v) is 6.24. The maximum absolute atomic E-state index is 10.4. The van der Waals surface area contributed by atoms with Crippen molar-refractivity contribution < 1.29 is 13.0 Å². The third-order valence-corrected chi connectivity index (χ3v) is 2.54. The molecule has 1 rings (SSSR count). The number of nitrogens with zero attached hydrogens (tertiary/aromatic N) is 1. The fraction of sp³-hybridized carbons (Fsp3) is 0.444. The molecule has 2 N–H and O–H groups in total. The zero-order valence-corrected chi connectivity index (χ0v) is 9.07. The molecule has 0 aliphatic carbocycles. The van der Waals surface area contributed by atoms with Gasteiger partial charge in [0.25, 0.3) is 10.1 Å². The van der Waals surface area contributed by atoms with E-state index in [2.05, 4.69) is 10.3 Å². The number of rotatable bonds is 6. The van der Waals surface area contributed by atoms with Crippen molar-refractivity contribution >= 4 is 10.1 Å². The Bertz CT molecular complexity index is 378. The minimum atomic E-state index is -3.85. The molecule has 0 saturated carbocycles. The topological polar surface area (TPSA) is 79.3 Å². The Morgan fingerprint density at radius 1 is 1.33 bits per heavy atom. The maximum Gasteiger partial charge on any atom is 0.266 e. The lowest BCUT2D eigenvalue weighted by atomic mass is 10.3. The predicted molar refractivity (Wildman–Crippen MR) is 57.2 cm³/mol. The molecule has 6 heteroatoms. The van der Waals surface area contributed by atoms with Crippen LogP contribution in [-0.4, -0.2) is 36.8 Å². The predicted octanol–water partition coefficient (Wildman–Crippen LogP) is 0.101. The van der Waals surface area contributed by atoms with Gasteiger partial charge < -0.3 is 5.32 Å². The zero-order valence-electron chi connectivity index (χ0n) is 8.26. The van der Waals surface area contributed by atoms with Crippen molar-refractivity contribution in [1.29, 1.82) is 0 Å². The molecule has 0 aliphatic rings. The highest BCUT2D eigenvalue weighted by Gasteiger charge is 2.02. The van der Waals surface area contributed by atoms with Gasteiger partial charge in [0.2, 0.25) is 0 Å². The van der Waals surface area contributed by atoms with Gasteiger partial charge in [0.15, 0.2) is 0 Å². The molecule has 0 aliphatic heterocycles. The summed E-state index contributed by atoms with van der Waals surface area (Å²) in [6.45, 7) is 0.901. The molecular weight excluding hydrogens is 216 g/mol. The summed E-state index contributed by atoms with van der Waals surface area (Å²) in [6.07, 6.45) is 2.46. The summed E-state index contributed by atoms with van der Waals surface area (Å²) in [6, 6.07) is 5.65. The van der Waals surface area contributed by atoms with Crippen molar-refractivity contribution in [3.63, 3.8) is 0 Å². The Hall–Kier alpha value is -0.980. The molecule has 0 spiro atoms. The molecule has 0 atom stereocenters. The zero-order chi connectivity index (χ0) is 11.1. The second kappa shape index (κ2) is 5.79. The van der Waals surface area contributed by atoms with Crippen molar-refractivity contribution in [3.8, 4) is 0 Å². The number of aromatic nitrogens is 1. The Kier molecular flexibility index (Phi) is 4.67. The first-order valence-electron chi connectivity index (χ1n) is 4.64. The average Bonchev–Trinajstić information content (AvgIpc) is 2.17. The van der Waals surface area contributed by atoms with Crippen LogP contribution in [0.2, 0.25) is 0 Å². The molecule has 0 amide bonds. The van der Waals surface area contributed by atoms with Crippen LogP contribution in [0.5, 0.6) is 0 Å². The molecule has 0 bridgehead atoms. The van der Waals surface area contributed by atoms with E-state index in [0.717, 1.165) is 12.1 Å². The van der Waals surface area contributed by atoms with E-state index >= 15 is 0 Å². The highest BCUT2D eigenvalue weighted by atomic mass is 32.2. The standard InChI is InChI=1S/C9H14N2O3S/c12-15(13,14)8-7-10-6-4-9-3-1-2-5-11-9/h1-3,5,10H,4,6-8H2,(H,12,13,14). The van der Waals surface area contributed by atoms with Crippen LogP contribution in [0.3, 0.4) is 0 Å². The molecule has 0 unspecified atom stereocenters. The van der Waals surface area contributed by atoms with E-state index in [1.165, 1.54) is 0 Å². The van der Waals surface area contributed by atoms with Crippen molar-refractivity contribution in [1.82, 2.24) is 10.3 Å². The Morgan fingerprint density at radius 2 is 2.13 bits per heavy atom. The summed E-state index contributed by atoms with van der Waals surface area (Å²) in [5, 5.41) is 2.91. The van der Waals surface area contributed by atoms with Gasteiger partial charge in [0.1, 0.15) is 0 Å². The molecule has 15 heavy (non-hydrogen) atoms. The average molecular weight is 230 g/mol. The van der Waals surface area contributed by atoms with Crippen LogP contribution in [0, 0.1) is 0 Å². The van der Waals surface area contributed by atoms with Crippen LogP contribution in [-0.2, 0) is 16.5 Å². The van der Waals surface area contributed by atoms with E-state index in [0.29, 0.717) is 6.54 Å². The summed E-state index contributed by atoms with van der Waals surface area (Å²) < 4.78 is 29.2. The summed E-state index contributed by atoms with van der Waals surface area (Å²) in [7, 11) is -3.85. The van der Waals surface area contributed by atoms with Crippen LogP contribution < -0.4 is 5.32 Å². The number of hydrogen-bond donors (Lipinski definition) is 2. The van der Waals surface area contributed by atoms with Crippen molar-refractivity contribution in [2.75, 3.05) is 18.8 Å². The van der Waals surface area contributed by atoms with Gasteiger partial charge in [-0.1, -0.05) is 6.07 Å². The van der Waals surface area contributed by atoms with Crippen LogP contribution in [0.15, 0.2) is 24.4 Å². The van der Waals surface area contributed by atoms with E-state index in [1.807, 2.05) is 18.2 Å². The minimum Gasteiger partial charge on any atom is -0.315 e. The van der Waals surface area contributed by atoms with Gasteiger partial charge in [-0.3, -0.25) is 9.54 Å². The summed E-state index contributed by atoms with van der Waals surface area (Å²) in [4.78, 5) is 4.12. The van der Waals surface area contributed by atoms with Crippen molar-refractivity contribution in [2.24, 2.45) is 0 Å². The maximum atomic E-state index is 10.4. The lowest BCUT2D eigenvalue weighted by molar-refractivity contribution is 0.480. The summed E-state index contributed by atoms with van der Waals surface area (Å²) >= 11 is 0. The van der Waals surface area contributed by atoms with Crippen LogP contribution in [0.1, 0.15) is 5.69 Å². The monoisotopic (exact) mass is 230 g/mol. The molecule has 1 aromatic rings. The fourth-order valence-corrected chi connectivity index (χ4v) is 1.49. The van der Waals surface area contributed by atoms with Crippen LogP contribution >= 0.6 is 0 Å². The van der Waals surface area contributed by atoms with Crippen LogP contribution in [0.4, 0.5) is 0 Å². The molecule has 0 saturated heterocycles. The van der Waals surface area contributed by atoms with Gasteiger partial charge in [-0.2, -0.15) is 8.42 Å². The lowest BCUT2D eigenvalue weighted by Crippen LogP contribution is -2.24. The molecule has 0 aromatic carbocycles. The largest absolute Gasteiger partial charge is 0.315 e. The minimum absolute atomic E-state index is 0.255. The van der Waals surface area contributed by atoms with E-state index in [1.54, 1.807) is 6.20 Å². The third kappa shape index (κ3) is 6.16. The molecule has 1 heterocycles. The van der Waals surface area contributed by atoms with Gasteiger partial charge >= 0.3 is 0 Å². The van der Waals surface area contributed by atoms with Crippen LogP contribution in [0.25, 0.3) is 0 Å². The van der Waals surface area contributed by atoms with E-state index in [9.17, 15) is 8.42 Å². The number of pyridine rings is 1. The van der Waals surface area contributed by atoms with Gasteiger partial charge in [0.05, 0.1) is 5.75 Å². The lowest BCUT2D eigenvalue weighted by Gasteiger charge is -2.02. The van der Waals surface area contributed by atoms with Crippen molar-refractivity contribution in [3.05, 3.63) is 30.1 Å². The third-order valence-electron chi connectivity index (χ3n) is 1.82. The van der Waals surface area contributed by atoms with E-state index in [-0.39, 0.29) is 12.3 Å². The number of hydrogen-bond acceptors (Lipinski definition) is 4. The smallest absolute Gasteiger partial charge is 0.266 e. The van der Waals surface area contributed by atoms with Gasteiger partial charge in [-0.05, 0) is 12.1 Å². The molecule has 1 aromatic heterocycles. The van der Waals surface area contributed by atoms with Gasteiger partial charge in [-0.15, -0.1) is 0 Å². The normalized spacial score (nSPS) is 11.5.